The number of carbonyl (C=O) groups excluding carboxylic acids is 1. The third-order valence-corrected chi connectivity index (χ3v) is 2.28. The monoisotopic (exact) mass is 238 g/mol. The van der Waals surface area contributed by atoms with E-state index in [1.165, 1.54) is 0 Å². The van der Waals surface area contributed by atoms with Gasteiger partial charge in [-0.25, -0.2) is 0 Å². The van der Waals surface area contributed by atoms with Crippen LogP contribution in [0.15, 0.2) is 18.2 Å². The molecule has 0 fully saturated rings. The summed E-state index contributed by atoms with van der Waals surface area (Å²) in [6.07, 6.45) is 0.425. The van der Waals surface area contributed by atoms with Gasteiger partial charge in [0.15, 0.2) is 6.29 Å². The molecular weight excluding hydrogens is 220 g/mol. The second kappa shape index (κ2) is 7.04. The Morgan fingerprint density at radius 3 is 2.76 bits per heavy atom. The van der Waals surface area contributed by atoms with Crippen LogP contribution in [-0.4, -0.2) is 32.9 Å². The topological polar surface area (TPSA) is 44.8 Å². The molecule has 1 rings (SSSR count). The lowest BCUT2D eigenvalue weighted by Crippen LogP contribution is -2.19. The summed E-state index contributed by atoms with van der Waals surface area (Å²) in [5.74, 6) is 0.666. The van der Waals surface area contributed by atoms with Gasteiger partial charge in [-0.3, -0.25) is 4.79 Å². The Hall–Kier alpha value is -1.39. The largest absolute Gasteiger partial charge is 0.465 e. The molecule has 0 aliphatic carbocycles. The molecule has 0 aliphatic rings. The van der Waals surface area contributed by atoms with Crippen molar-refractivity contribution in [2.24, 2.45) is 0 Å². The van der Waals surface area contributed by atoms with Gasteiger partial charge in [-0.05, 0) is 25.5 Å². The second-order valence-electron chi connectivity index (χ2n) is 3.69. The molecule has 0 saturated carbocycles. The zero-order chi connectivity index (χ0) is 12.7. The SMILES string of the molecule is COCCOC(C)Oc1cc(C=O)ccc1C. The van der Waals surface area contributed by atoms with Crippen molar-refractivity contribution in [3.63, 3.8) is 0 Å². The highest BCUT2D eigenvalue weighted by molar-refractivity contribution is 5.75. The van der Waals surface area contributed by atoms with E-state index < -0.39 is 0 Å². The fourth-order valence-electron chi connectivity index (χ4n) is 1.33. The highest BCUT2D eigenvalue weighted by Crippen LogP contribution is 2.20. The molecule has 0 saturated heterocycles. The van der Waals surface area contributed by atoms with Gasteiger partial charge in [-0.1, -0.05) is 12.1 Å². The quantitative estimate of drug-likeness (QED) is 0.415. The smallest absolute Gasteiger partial charge is 0.197 e. The minimum absolute atomic E-state index is 0.370. The maximum absolute atomic E-state index is 10.7. The molecule has 94 valence electrons. The number of methoxy groups -OCH3 is 1. The summed E-state index contributed by atoms with van der Waals surface area (Å²) in [6, 6.07) is 5.31. The van der Waals surface area contributed by atoms with Crippen molar-refractivity contribution in [2.45, 2.75) is 20.1 Å². The third kappa shape index (κ3) is 4.54. The molecule has 0 heterocycles. The first-order chi connectivity index (χ1) is 8.17. The summed E-state index contributed by atoms with van der Waals surface area (Å²) in [5.41, 5.74) is 1.56. The van der Waals surface area contributed by atoms with Crippen LogP contribution in [0.4, 0.5) is 0 Å². The summed E-state index contributed by atoms with van der Waals surface area (Å²) >= 11 is 0. The third-order valence-electron chi connectivity index (χ3n) is 2.28. The van der Waals surface area contributed by atoms with Gasteiger partial charge >= 0.3 is 0 Å². The van der Waals surface area contributed by atoms with Crippen LogP contribution < -0.4 is 4.74 Å². The average molecular weight is 238 g/mol. The first kappa shape index (κ1) is 13.7. The molecule has 0 radical (unpaired) electrons. The summed E-state index contributed by atoms with van der Waals surface area (Å²) < 4.78 is 15.9. The fourth-order valence-corrected chi connectivity index (χ4v) is 1.33. The highest BCUT2D eigenvalue weighted by Gasteiger charge is 2.07. The van der Waals surface area contributed by atoms with E-state index in [0.717, 1.165) is 11.8 Å². The van der Waals surface area contributed by atoms with E-state index in [9.17, 15) is 4.79 Å². The Morgan fingerprint density at radius 1 is 1.35 bits per heavy atom. The van der Waals surface area contributed by atoms with Crippen LogP contribution in [0.25, 0.3) is 0 Å². The Labute approximate surface area is 101 Å². The van der Waals surface area contributed by atoms with Gasteiger partial charge in [0.2, 0.25) is 0 Å². The molecule has 4 heteroatoms. The lowest BCUT2D eigenvalue weighted by molar-refractivity contribution is -0.0799. The standard InChI is InChI=1S/C13H18O4/c1-10-4-5-12(9-14)8-13(10)17-11(2)16-7-6-15-3/h4-5,8-9,11H,6-7H2,1-3H3. The Bertz CT molecular complexity index is 362. The number of hydrogen-bond donors (Lipinski definition) is 0. The molecule has 0 N–H and O–H groups in total. The number of ether oxygens (including phenoxy) is 3. The van der Waals surface area contributed by atoms with Gasteiger partial charge < -0.3 is 14.2 Å². The lowest BCUT2D eigenvalue weighted by atomic mass is 10.1. The number of aryl methyl sites for hydroxylation is 1. The Kier molecular flexibility index (Phi) is 5.66. The average Bonchev–Trinajstić information content (AvgIpc) is 2.32. The molecule has 1 unspecified atom stereocenters. The zero-order valence-electron chi connectivity index (χ0n) is 10.4. The number of carbonyl (C=O) groups is 1. The number of rotatable bonds is 7. The molecule has 0 amide bonds. The van der Waals surface area contributed by atoms with E-state index in [1.807, 2.05) is 19.9 Å². The van der Waals surface area contributed by atoms with Crippen LogP contribution in [0.3, 0.4) is 0 Å². The minimum Gasteiger partial charge on any atom is -0.465 e. The van der Waals surface area contributed by atoms with Gasteiger partial charge in [0, 0.05) is 12.7 Å². The molecule has 1 atom stereocenters. The molecule has 4 nitrogen and oxygen atoms in total. The Balaban J connectivity index is 2.57. The maximum atomic E-state index is 10.7. The van der Waals surface area contributed by atoms with Crippen molar-refractivity contribution >= 4 is 6.29 Å². The first-order valence-electron chi connectivity index (χ1n) is 5.50. The molecule has 0 spiro atoms. The number of aldehydes is 1. The molecule has 1 aromatic carbocycles. The van der Waals surface area contributed by atoms with Crippen molar-refractivity contribution in [3.8, 4) is 5.75 Å². The van der Waals surface area contributed by atoms with Gasteiger partial charge in [0.05, 0.1) is 13.2 Å². The first-order valence-corrected chi connectivity index (χ1v) is 5.50. The van der Waals surface area contributed by atoms with E-state index in [1.54, 1.807) is 19.2 Å². The van der Waals surface area contributed by atoms with Crippen molar-refractivity contribution in [1.29, 1.82) is 0 Å². The van der Waals surface area contributed by atoms with E-state index in [4.69, 9.17) is 14.2 Å². The fraction of sp³-hybridized carbons (Fsp3) is 0.462. The van der Waals surface area contributed by atoms with Crippen LogP contribution in [0.5, 0.6) is 5.75 Å². The normalized spacial score (nSPS) is 12.2. The lowest BCUT2D eigenvalue weighted by Gasteiger charge is -2.17. The van der Waals surface area contributed by atoms with E-state index in [-0.39, 0.29) is 6.29 Å². The van der Waals surface area contributed by atoms with Crippen molar-refractivity contribution in [2.75, 3.05) is 20.3 Å². The second-order valence-corrected chi connectivity index (χ2v) is 3.69. The Morgan fingerprint density at radius 2 is 2.12 bits per heavy atom. The predicted octanol–water partition coefficient (Wildman–Crippen LogP) is 2.20. The molecular formula is C13H18O4. The van der Waals surface area contributed by atoms with Crippen molar-refractivity contribution < 1.29 is 19.0 Å². The summed E-state index contributed by atoms with van der Waals surface area (Å²) in [7, 11) is 1.62. The molecule has 1 aromatic rings. The van der Waals surface area contributed by atoms with Gasteiger partial charge in [-0.15, -0.1) is 0 Å². The predicted molar refractivity (Wildman–Crippen MR) is 64.5 cm³/mol. The number of benzene rings is 1. The number of hydrogen-bond acceptors (Lipinski definition) is 4. The molecule has 0 aromatic heterocycles. The van der Waals surface area contributed by atoms with E-state index in [2.05, 4.69) is 0 Å². The van der Waals surface area contributed by atoms with Crippen LogP contribution in [0.2, 0.25) is 0 Å². The van der Waals surface area contributed by atoms with E-state index in [0.29, 0.717) is 24.5 Å². The minimum atomic E-state index is -0.370. The van der Waals surface area contributed by atoms with Crippen LogP contribution in [0.1, 0.15) is 22.8 Å². The zero-order valence-corrected chi connectivity index (χ0v) is 10.4. The van der Waals surface area contributed by atoms with E-state index >= 15 is 0 Å². The van der Waals surface area contributed by atoms with Crippen molar-refractivity contribution in [1.82, 2.24) is 0 Å². The van der Waals surface area contributed by atoms with Crippen LogP contribution in [-0.2, 0) is 9.47 Å². The summed E-state index contributed by atoms with van der Waals surface area (Å²) in [5, 5.41) is 0. The maximum Gasteiger partial charge on any atom is 0.197 e. The summed E-state index contributed by atoms with van der Waals surface area (Å²) in [4.78, 5) is 10.7. The van der Waals surface area contributed by atoms with Crippen LogP contribution in [0, 0.1) is 6.92 Å². The van der Waals surface area contributed by atoms with Gasteiger partial charge in [0.1, 0.15) is 12.0 Å². The molecule has 17 heavy (non-hydrogen) atoms. The molecule has 0 bridgehead atoms. The summed E-state index contributed by atoms with van der Waals surface area (Å²) in [6.45, 7) is 4.74. The highest BCUT2D eigenvalue weighted by atomic mass is 16.7. The van der Waals surface area contributed by atoms with Gasteiger partial charge in [0.25, 0.3) is 0 Å². The van der Waals surface area contributed by atoms with Crippen molar-refractivity contribution in [3.05, 3.63) is 29.3 Å². The molecule has 0 aliphatic heterocycles. The van der Waals surface area contributed by atoms with Gasteiger partial charge in [-0.2, -0.15) is 0 Å². The van der Waals surface area contributed by atoms with Crippen LogP contribution >= 0.6 is 0 Å².